The number of carbonyl (C=O) groups is 1. The van der Waals surface area contributed by atoms with Crippen LogP contribution in [0.4, 0.5) is 0 Å². The summed E-state index contributed by atoms with van der Waals surface area (Å²) in [7, 11) is 0. The predicted molar refractivity (Wildman–Crippen MR) is 96.7 cm³/mol. The van der Waals surface area contributed by atoms with Crippen molar-refractivity contribution in [1.29, 1.82) is 0 Å². The Morgan fingerprint density at radius 1 is 1.38 bits per heavy atom. The van der Waals surface area contributed by atoms with Crippen LogP contribution >= 0.6 is 11.3 Å². The highest BCUT2D eigenvalue weighted by Crippen LogP contribution is 2.25. The van der Waals surface area contributed by atoms with Gasteiger partial charge in [-0.25, -0.2) is 4.98 Å². The van der Waals surface area contributed by atoms with Crippen LogP contribution in [0.25, 0.3) is 10.7 Å². The van der Waals surface area contributed by atoms with Gasteiger partial charge in [-0.3, -0.25) is 9.78 Å². The molecule has 5 nitrogen and oxygen atoms in total. The van der Waals surface area contributed by atoms with E-state index in [0.29, 0.717) is 6.54 Å². The van der Waals surface area contributed by atoms with Crippen LogP contribution in [0, 0.1) is 11.3 Å². The van der Waals surface area contributed by atoms with Gasteiger partial charge in [0.2, 0.25) is 5.91 Å². The summed E-state index contributed by atoms with van der Waals surface area (Å²) in [6, 6.07) is 5.68. The molecule has 0 radical (unpaired) electrons. The van der Waals surface area contributed by atoms with Crippen LogP contribution in [0.3, 0.4) is 0 Å². The van der Waals surface area contributed by atoms with Crippen LogP contribution in [0.1, 0.15) is 33.4 Å². The molecular formula is C18H25N3O2S. The smallest absolute Gasteiger partial charge is 0.226 e. The van der Waals surface area contributed by atoms with Gasteiger partial charge in [0.05, 0.1) is 23.9 Å². The Balaban J connectivity index is 1.90. The number of carbonyl (C=O) groups excluding carboxylic acids is 1. The lowest BCUT2D eigenvalue weighted by Crippen LogP contribution is -2.44. The summed E-state index contributed by atoms with van der Waals surface area (Å²) < 4.78 is 0. The largest absolute Gasteiger partial charge is 0.392 e. The van der Waals surface area contributed by atoms with E-state index < -0.39 is 6.10 Å². The minimum absolute atomic E-state index is 0.0862. The maximum atomic E-state index is 12.2. The van der Waals surface area contributed by atoms with Gasteiger partial charge in [0.15, 0.2) is 0 Å². The fraction of sp³-hybridized carbons (Fsp3) is 0.500. The van der Waals surface area contributed by atoms with Crippen molar-refractivity contribution >= 4 is 17.2 Å². The molecule has 0 aromatic carbocycles. The summed E-state index contributed by atoms with van der Waals surface area (Å²) in [5.41, 5.74) is 1.18. The summed E-state index contributed by atoms with van der Waals surface area (Å²) in [6.45, 7) is 8.30. The fourth-order valence-corrected chi connectivity index (χ4v) is 3.35. The highest BCUT2D eigenvalue weighted by atomic mass is 32.1. The Labute approximate surface area is 147 Å². The molecule has 0 aliphatic rings. The zero-order valence-electron chi connectivity index (χ0n) is 14.6. The van der Waals surface area contributed by atoms with E-state index in [1.165, 1.54) is 11.3 Å². The number of thiazole rings is 1. The third-order valence-electron chi connectivity index (χ3n) is 3.95. The molecule has 0 spiro atoms. The number of rotatable bonds is 7. The Bertz CT molecular complexity index is 668. The van der Waals surface area contributed by atoms with E-state index >= 15 is 0 Å². The van der Waals surface area contributed by atoms with Crippen molar-refractivity contribution in [2.75, 3.05) is 6.54 Å². The quantitative estimate of drug-likeness (QED) is 0.807. The zero-order valence-corrected chi connectivity index (χ0v) is 15.4. The maximum Gasteiger partial charge on any atom is 0.226 e. The first kappa shape index (κ1) is 18.5. The van der Waals surface area contributed by atoms with Crippen molar-refractivity contribution in [2.45, 2.75) is 40.2 Å². The molecule has 130 valence electrons. The molecule has 2 aromatic heterocycles. The molecule has 6 heteroatoms. The number of aliphatic hydroxyl groups is 1. The molecule has 0 saturated heterocycles. The Kier molecular flexibility index (Phi) is 6.07. The molecule has 2 aromatic rings. The average molecular weight is 347 g/mol. The summed E-state index contributed by atoms with van der Waals surface area (Å²) >= 11 is 1.48. The lowest BCUT2D eigenvalue weighted by molar-refractivity contribution is -0.121. The SMILES string of the molecule is CC(C)C(O)C(C)(C)CNC(=O)Cc1csc(-c2ccccn2)n1. The van der Waals surface area contributed by atoms with Crippen LogP contribution in [0.5, 0.6) is 0 Å². The van der Waals surface area contributed by atoms with Gasteiger partial charge in [-0.05, 0) is 18.1 Å². The second-order valence-electron chi connectivity index (χ2n) is 6.99. The normalized spacial score (nSPS) is 13.1. The molecule has 1 atom stereocenters. The number of hydrogen-bond acceptors (Lipinski definition) is 5. The van der Waals surface area contributed by atoms with Crippen LogP contribution in [-0.4, -0.2) is 33.6 Å². The van der Waals surface area contributed by atoms with Crippen molar-refractivity contribution in [1.82, 2.24) is 15.3 Å². The van der Waals surface area contributed by atoms with Crippen molar-refractivity contribution in [2.24, 2.45) is 11.3 Å². The molecule has 0 fully saturated rings. The van der Waals surface area contributed by atoms with Crippen LogP contribution < -0.4 is 5.32 Å². The molecule has 1 amide bonds. The highest BCUT2D eigenvalue weighted by Gasteiger charge is 2.30. The van der Waals surface area contributed by atoms with Crippen molar-refractivity contribution in [3.8, 4) is 10.7 Å². The first-order valence-electron chi connectivity index (χ1n) is 8.10. The lowest BCUT2D eigenvalue weighted by atomic mass is 9.80. The maximum absolute atomic E-state index is 12.2. The minimum Gasteiger partial charge on any atom is -0.392 e. The number of aliphatic hydroxyl groups excluding tert-OH is 1. The van der Waals surface area contributed by atoms with Gasteiger partial charge in [-0.15, -0.1) is 11.3 Å². The van der Waals surface area contributed by atoms with Gasteiger partial charge in [-0.2, -0.15) is 0 Å². The predicted octanol–water partition coefficient (Wildman–Crippen LogP) is 2.91. The second-order valence-corrected chi connectivity index (χ2v) is 7.85. The van der Waals surface area contributed by atoms with Crippen molar-refractivity contribution < 1.29 is 9.90 Å². The summed E-state index contributed by atoms with van der Waals surface area (Å²) in [4.78, 5) is 20.9. The highest BCUT2D eigenvalue weighted by molar-refractivity contribution is 7.13. The minimum atomic E-state index is -0.465. The van der Waals surface area contributed by atoms with Crippen molar-refractivity contribution in [3.05, 3.63) is 35.5 Å². The zero-order chi connectivity index (χ0) is 17.7. The first-order chi connectivity index (χ1) is 11.3. The summed E-state index contributed by atoms with van der Waals surface area (Å²) in [5.74, 6) is 0.0632. The Hall–Kier alpha value is -1.79. The number of hydrogen-bond donors (Lipinski definition) is 2. The molecular weight excluding hydrogens is 322 g/mol. The van der Waals surface area contributed by atoms with Gasteiger partial charge >= 0.3 is 0 Å². The van der Waals surface area contributed by atoms with Crippen molar-refractivity contribution in [3.63, 3.8) is 0 Å². The molecule has 2 heterocycles. The third kappa shape index (κ3) is 4.85. The van der Waals surface area contributed by atoms with Gasteiger partial charge in [-0.1, -0.05) is 33.8 Å². The van der Waals surface area contributed by atoms with Gasteiger partial charge in [0.25, 0.3) is 0 Å². The molecule has 2 N–H and O–H groups in total. The molecule has 0 aliphatic heterocycles. The topological polar surface area (TPSA) is 75.1 Å². The number of aromatic nitrogens is 2. The van der Waals surface area contributed by atoms with E-state index in [0.717, 1.165) is 16.4 Å². The number of nitrogens with one attached hydrogen (secondary N) is 1. The summed E-state index contributed by atoms with van der Waals surface area (Å²) in [5, 5.41) is 15.8. The molecule has 1 unspecified atom stereocenters. The number of nitrogens with zero attached hydrogens (tertiary/aromatic N) is 2. The number of pyridine rings is 1. The second kappa shape index (κ2) is 7.85. The summed E-state index contributed by atoms with van der Waals surface area (Å²) in [6.07, 6.45) is 1.50. The molecule has 2 rings (SSSR count). The van der Waals surface area contributed by atoms with E-state index in [4.69, 9.17) is 0 Å². The molecule has 24 heavy (non-hydrogen) atoms. The van der Waals surface area contributed by atoms with Gasteiger partial charge < -0.3 is 10.4 Å². The number of amides is 1. The fourth-order valence-electron chi connectivity index (χ4n) is 2.56. The van der Waals surface area contributed by atoms with E-state index in [9.17, 15) is 9.90 Å². The van der Waals surface area contributed by atoms with Crippen LogP contribution in [-0.2, 0) is 11.2 Å². The van der Waals surface area contributed by atoms with Crippen LogP contribution in [0.15, 0.2) is 29.8 Å². The Morgan fingerprint density at radius 3 is 2.75 bits per heavy atom. The van der Waals surface area contributed by atoms with E-state index in [2.05, 4.69) is 15.3 Å². The average Bonchev–Trinajstić information content (AvgIpc) is 3.01. The van der Waals surface area contributed by atoms with E-state index in [1.807, 2.05) is 51.3 Å². The van der Waals surface area contributed by atoms with E-state index in [1.54, 1.807) is 6.20 Å². The van der Waals surface area contributed by atoms with Gasteiger partial charge in [0.1, 0.15) is 5.01 Å². The molecule has 0 saturated carbocycles. The van der Waals surface area contributed by atoms with E-state index in [-0.39, 0.29) is 23.7 Å². The van der Waals surface area contributed by atoms with Crippen LogP contribution in [0.2, 0.25) is 0 Å². The third-order valence-corrected chi connectivity index (χ3v) is 4.86. The molecule has 0 aliphatic carbocycles. The monoisotopic (exact) mass is 347 g/mol. The lowest BCUT2D eigenvalue weighted by Gasteiger charge is -2.33. The first-order valence-corrected chi connectivity index (χ1v) is 8.98. The Morgan fingerprint density at radius 2 is 2.12 bits per heavy atom. The molecule has 0 bridgehead atoms. The standard InChI is InChI=1S/C18H25N3O2S/c1-12(2)16(23)18(3,4)11-20-15(22)9-13-10-24-17(21-13)14-7-5-6-8-19-14/h5-8,10,12,16,23H,9,11H2,1-4H3,(H,20,22). The van der Waals surface area contributed by atoms with Gasteiger partial charge in [0, 0.05) is 23.5 Å².